The third-order valence-corrected chi connectivity index (χ3v) is 6.57. The van der Waals surface area contributed by atoms with Crippen LogP contribution in [0.1, 0.15) is 30.9 Å². The van der Waals surface area contributed by atoms with Crippen molar-refractivity contribution in [2.24, 2.45) is 0 Å². The van der Waals surface area contributed by atoms with Gasteiger partial charge in [0, 0.05) is 28.6 Å². The Morgan fingerprint density at radius 2 is 1.97 bits per heavy atom. The number of rotatable bonds is 10. The molecule has 0 atom stereocenters. The van der Waals surface area contributed by atoms with Crippen molar-refractivity contribution < 1.29 is 24.2 Å². The van der Waals surface area contributed by atoms with Crippen LogP contribution in [-0.4, -0.2) is 39.4 Å². The average molecular weight is 526 g/mol. The van der Waals surface area contributed by atoms with Crippen LogP contribution < -0.4 is 9.47 Å². The number of thiocarbonyl (C=S) groups is 1. The molecule has 0 radical (unpaired) electrons. The summed E-state index contributed by atoms with van der Waals surface area (Å²) < 4.78 is 12.1. The zero-order valence-electron chi connectivity index (χ0n) is 17.7. The largest absolute Gasteiger partial charge is 0.490 e. The van der Waals surface area contributed by atoms with E-state index in [9.17, 15) is 9.59 Å². The Labute approximate surface area is 211 Å². The molecule has 3 rings (SSSR count). The van der Waals surface area contributed by atoms with Crippen molar-refractivity contribution >= 4 is 69.5 Å². The monoisotopic (exact) mass is 525 g/mol. The highest BCUT2D eigenvalue weighted by molar-refractivity contribution is 8.26. The van der Waals surface area contributed by atoms with Gasteiger partial charge in [0.05, 0.1) is 11.5 Å². The van der Waals surface area contributed by atoms with Crippen LogP contribution in [0.15, 0.2) is 41.3 Å². The van der Waals surface area contributed by atoms with Gasteiger partial charge in [-0.2, -0.15) is 0 Å². The average Bonchev–Trinajstić information content (AvgIpc) is 3.01. The number of aliphatic carboxylic acids is 1. The summed E-state index contributed by atoms with van der Waals surface area (Å²) in [6.07, 6.45) is 2.06. The van der Waals surface area contributed by atoms with Gasteiger partial charge in [-0.05, 0) is 49.2 Å². The number of halogens is 2. The molecule has 0 spiro atoms. The number of carbonyl (C=O) groups is 2. The van der Waals surface area contributed by atoms with Gasteiger partial charge >= 0.3 is 5.97 Å². The summed E-state index contributed by atoms with van der Waals surface area (Å²) in [7, 11) is 0. The zero-order valence-corrected chi connectivity index (χ0v) is 20.8. The van der Waals surface area contributed by atoms with E-state index in [0.29, 0.717) is 43.8 Å². The second-order valence-electron chi connectivity index (χ2n) is 6.99. The number of benzene rings is 2. The van der Waals surface area contributed by atoms with Crippen molar-refractivity contribution in [1.29, 1.82) is 0 Å². The number of nitrogens with zero attached hydrogens (tertiary/aromatic N) is 1. The van der Waals surface area contributed by atoms with Gasteiger partial charge < -0.3 is 14.6 Å². The summed E-state index contributed by atoms with van der Waals surface area (Å²) in [6, 6.07) is 10.6. The van der Waals surface area contributed by atoms with Crippen molar-refractivity contribution in [3.63, 3.8) is 0 Å². The van der Waals surface area contributed by atoms with Gasteiger partial charge in [-0.15, -0.1) is 0 Å². The molecule has 1 aliphatic heterocycles. The van der Waals surface area contributed by atoms with Crippen molar-refractivity contribution in [2.75, 3.05) is 13.2 Å². The molecule has 2 aromatic carbocycles. The number of hydrogen-bond acceptors (Lipinski definition) is 6. The predicted octanol–water partition coefficient (Wildman–Crippen LogP) is 6.04. The van der Waals surface area contributed by atoms with E-state index in [1.54, 1.807) is 36.4 Å². The summed E-state index contributed by atoms with van der Waals surface area (Å²) in [5, 5.41) is 9.87. The molecule has 0 saturated carbocycles. The summed E-state index contributed by atoms with van der Waals surface area (Å²) in [5.74, 6) is -0.0550. The van der Waals surface area contributed by atoms with Gasteiger partial charge in [-0.3, -0.25) is 14.5 Å². The maximum atomic E-state index is 12.7. The fourth-order valence-electron chi connectivity index (χ4n) is 3.03. The van der Waals surface area contributed by atoms with E-state index in [2.05, 4.69) is 0 Å². The Morgan fingerprint density at radius 3 is 2.67 bits per heavy atom. The first-order chi connectivity index (χ1) is 15.8. The maximum absolute atomic E-state index is 12.7. The van der Waals surface area contributed by atoms with Crippen LogP contribution in [0.5, 0.6) is 11.5 Å². The van der Waals surface area contributed by atoms with Crippen molar-refractivity contribution in [2.45, 2.75) is 26.4 Å². The number of amides is 1. The summed E-state index contributed by atoms with van der Waals surface area (Å²) >= 11 is 18.6. The molecule has 0 unspecified atom stereocenters. The van der Waals surface area contributed by atoms with Gasteiger partial charge in [0.1, 0.15) is 10.9 Å². The minimum Gasteiger partial charge on any atom is -0.490 e. The van der Waals surface area contributed by atoms with E-state index in [-0.39, 0.29) is 25.5 Å². The molecule has 1 saturated heterocycles. The van der Waals surface area contributed by atoms with E-state index in [1.165, 1.54) is 16.7 Å². The van der Waals surface area contributed by atoms with Gasteiger partial charge in [-0.25, -0.2) is 0 Å². The highest BCUT2D eigenvalue weighted by Gasteiger charge is 2.31. The fourth-order valence-corrected chi connectivity index (χ4v) is 4.80. The molecule has 1 aliphatic rings. The maximum Gasteiger partial charge on any atom is 0.303 e. The smallest absolute Gasteiger partial charge is 0.303 e. The molecular weight excluding hydrogens is 505 g/mol. The number of hydrogen-bond donors (Lipinski definition) is 1. The van der Waals surface area contributed by atoms with Crippen molar-refractivity contribution in [3.8, 4) is 11.5 Å². The summed E-state index contributed by atoms with van der Waals surface area (Å²) in [6.45, 7) is 2.82. The Bertz CT molecular complexity index is 1110. The molecule has 1 amide bonds. The molecule has 6 nitrogen and oxygen atoms in total. The molecule has 1 N–H and O–H groups in total. The van der Waals surface area contributed by atoms with Crippen LogP contribution in [0.2, 0.25) is 10.0 Å². The lowest BCUT2D eigenvalue weighted by Gasteiger charge is -2.14. The molecule has 1 fully saturated rings. The van der Waals surface area contributed by atoms with Crippen molar-refractivity contribution in [3.05, 3.63) is 62.5 Å². The number of carboxylic acids is 1. The highest BCUT2D eigenvalue weighted by atomic mass is 35.5. The van der Waals surface area contributed by atoms with Crippen LogP contribution in [0.25, 0.3) is 6.08 Å². The molecule has 174 valence electrons. The number of carboxylic acid groups (broad SMARTS) is 1. The van der Waals surface area contributed by atoms with Gasteiger partial charge in [0.25, 0.3) is 5.91 Å². The lowest BCUT2D eigenvalue weighted by Crippen LogP contribution is -2.29. The normalized spacial score (nSPS) is 14.8. The zero-order chi connectivity index (χ0) is 24.0. The second kappa shape index (κ2) is 11.7. The van der Waals surface area contributed by atoms with E-state index in [0.717, 1.165) is 11.1 Å². The van der Waals surface area contributed by atoms with Crippen LogP contribution in [-0.2, 0) is 16.2 Å². The van der Waals surface area contributed by atoms with Crippen LogP contribution >= 0.6 is 47.2 Å². The third kappa shape index (κ3) is 6.86. The number of thioether (sulfide) groups is 1. The van der Waals surface area contributed by atoms with E-state index in [4.69, 9.17) is 50.0 Å². The fraction of sp³-hybridized carbons (Fsp3) is 0.261. The molecule has 0 bridgehead atoms. The molecular formula is C23H21Cl2NO5S2. The first kappa shape index (κ1) is 25.4. The molecule has 10 heteroatoms. The van der Waals surface area contributed by atoms with E-state index >= 15 is 0 Å². The van der Waals surface area contributed by atoms with Crippen molar-refractivity contribution in [1.82, 2.24) is 4.90 Å². The molecule has 2 aromatic rings. The standard InChI is InChI=1S/C23H21Cl2NO5S2/c1-2-30-19-10-14(5-8-18(19)31-13-15-6-7-16(24)12-17(15)25)11-20-22(29)26(23(32)33-20)9-3-4-21(27)28/h5-8,10-12H,2-4,9,13H2,1H3,(H,27,28)/b20-11-. The predicted molar refractivity (Wildman–Crippen MR) is 135 cm³/mol. The minimum absolute atomic E-state index is 0.0173. The van der Waals surface area contributed by atoms with Gasteiger partial charge in [0.15, 0.2) is 11.5 Å². The Balaban J connectivity index is 1.74. The topological polar surface area (TPSA) is 76.1 Å². The van der Waals surface area contributed by atoms with Gasteiger partial charge in [0.2, 0.25) is 0 Å². The van der Waals surface area contributed by atoms with Gasteiger partial charge in [-0.1, -0.05) is 59.3 Å². The summed E-state index contributed by atoms with van der Waals surface area (Å²) in [4.78, 5) is 25.3. The van der Waals surface area contributed by atoms with Crippen LogP contribution in [0, 0.1) is 0 Å². The second-order valence-corrected chi connectivity index (χ2v) is 9.51. The third-order valence-electron chi connectivity index (χ3n) is 4.61. The molecule has 0 aliphatic carbocycles. The lowest BCUT2D eigenvalue weighted by molar-refractivity contribution is -0.137. The molecule has 33 heavy (non-hydrogen) atoms. The lowest BCUT2D eigenvalue weighted by atomic mass is 10.1. The molecule has 1 heterocycles. The SMILES string of the molecule is CCOc1cc(/C=C2\SC(=S)N(CCCC(=O)O)C2=O)ccc1OCc1ccc(Cl)cc1Cl. The first-order valence-electron chi connectivity index (χ1n) is 10.1. The molecule has 0 aromatic heterocycles. The Morgan fingerprint density at radius 1 is 1.18 bits per heavy atom. The van der Waals surface area contributed by atoms with Crippen LogP contribution in [0.4, 0.5) is 0 Å². The Hall–Kier alpha value is -2.26. The van der Waals surface area contributed by atoms with E-state index < -0.39 is 5.97 Å². The quantitative estimate of drug-likeness (QED) is 0.299. The first-order valence-corrected chi connectivity index (χ1v) is 12.1. The minimum atomic E-state index is -0.903. The van der Waals surface area contributed by atoms with Crippen LogP contribution in [0.3, 0.4) is 0 Å². The number of carbonyl (C=O) groups excluding carboxylic acids is 1. The number of ether oxygens (including phenoxy) is 2. The Kier molecular flexibility index (Phi) is 9.02. The van der Waals surface area contributed by atoms with E-state index in [1.807, 2.05) is 13.0 Å². The summed E-state index contributed by atoms with van der Waals surface area (Å²) in [5.41, 5.74) is 1.54. The highest BCUT2D eigenvalue weighted by Crippen LogP contribution is 2.35.